The quantitative estimate of drug-likeness (QED) is 0.872. The van der Waals surface area contributed by atoms with Crippen LogP contribution in [0.15, 0.2) is 17.5 Å². The van der Waals surface area contributed by atoms with Crippen LogP contribution in [-0.4, -0.2) is 29.4 Å². The van der Waals surface area contributed by atoms with Crippen molar-refractivity contribution in [2.75, 3.05) is 0 Å². The Hall–Kier alpha value is -0.420. The zero-order chi connectivity index (χ0) is 13.8. The van der Waals surface area contributed by atoms with E-state index in [2.05, 4.69) is 26.1 Å². The molecule has 4 unspecified atom stereocenters. The normalized spacial score (nSPS) is 31.1. The van der Waals surface area contributed by atoms with Crippen molar-refractivity contribution in [2.24, 2.45) is 0 Å². The van der Waals surface area contributed by atoms with Crippen molar-refractivity contribution in [2.45, 2.75) is 70.4 Å². The summed E-state index contributed by atoms with van der Waals surface area (Å²) in [6.45, 7) is 6.42. The van der Waals surface area contributed by atoms with Gasteiger partial charge in [-0.25, -0.2) is 0 Å². The van der Waals surface area contributed by atoms with Gasteiger partial charge in [-0.3, -0.25) is 0 Å². The van der Waals surface area contributed by atoms with E-state index >= 15 is 0 Å². The monoisotopic (exact) mass is 283 g/mol. The van der Waals surface area contributed by atoms with E-state index in [0.717, 1.165) is 24.1 Å². The average molecular weight is 283 g/mol. The summed E-state index contributed by atoms with van der Waals surface area (Å²) in [7, 11) is 0. The van der Waals surface area contributed by atoms with E-state index < -0.39 is 0 Å². The summed E-state index contributed by atoms with van der Waals surface area (Å²) in [5, 5.41) is 15.8. The molecule has 0 radical (unpaired) electrons. The third-order valence-corrected chi connectivity index (χ3v) is 4.64. The molecule has 4 heteroatoms. The van der Waals surface area contributed by atoms with E-state index in [4.69, 9.17) is 4.74 Å². The van der Waals surface area contributed by atoms with Crippen molar-refractivity contribution in [3.63, 3.8) is 0 Å². The number of ether oxygens (including phenoxy) is 1. The van der Waals surface area contributed by atoms with Crippen LogP contribution in [0.4, 0.5) is 0 Å². The summed E-state index contributed by atoms with van der Waals surface area (Å²) in [6, 6.07) is 4.81. The molecule has 4 atom stereocenters. The number of aliphatic hydroxyl groups is 1. The number of nitrogens with one attached hydrogen (secondary N) is 1. The van der Waals surface area contributed by atoms with Crippen LogP contribution < -0.4 is 5.32 Å². The second-order valence-corrected chi connectivity index (χ2v) is 6.74. The summed E-state index contributed by atoms with van der Waals surface area (Å²) >= 11 is 1.62. The maximum Gasteiger partial charge on any atom is 0.0896 e. The molecular formula is C15H25NO2S. The predicted molar refractivity (Wildman–Crippen MR) is 79.5 cm³/mol. The highest BCUT2D eigenvalue weighted by molar-refractivity contribution is 7.10. The van der Waals surface area contributed by atoms with Crippen LogP contribution >= 0.6 is 11.3 Å². The molecule has 0 amide bonds. The summed E-state index contributed by atoms with van der Waals surface area (Å²) in [4.78, 5) is 1.06. The Morgan fingerprint density at radius 1 is 1.42 bits per heavy atom. The van der Waals surface area contributed by atoms with E-state index in [1.807, 2.05) is 17.5 Å². The molecule has 3 nitrogen and oxygen atoms in total. The van der Waals surface area contributed by atoms with Gasteiger partial charge in [0, 0.05) is 17.0 Å². The number of thiophene rings is 1. The lowest BCUT2D eigenvalue weighted by molar-refractivity contribution is -0.0439. The van der Waals surface area contributed by atoms with Crippen LogP contribution in [0.1, 0.15) is 51.0 Å². The van der Waals surface area contributed by atoms with E-state index in [9.17, 15) is 5.11 Å². The van der Waals surface area contributed by atoms with Crippen molar-refractivity contribution in [3.8, 4) is 0 Å². The van der Waals surface area contributed by atoms with Gasteiger partial charge in [0.1, 0.15) is 0 Å². The Kier molecular flexibility index (Phi) is 5.39. The summed E-state index contributed by atoms with van der Waals surface area (Å²) < 4.78 is 5.75. The fourth-order valence-electron chi connectivity index (χ4n) is 2.94. The lowest BCUT2D eigenvalue weighted by Crippen LogP contribution is -2.45. The molecule has 1 aliphatic heterocycles. The summed E-state index contributed by atoms with van der Waals surface area (Å²) in [5.41, 5.74) is 0. The standard InChI is InChI=1S/C15H25NO2S/c1-10(7-14(17)15-5-4-6-19-15)16-13-8-11(2)18-12(3)9-13/h4-6,10-14,16-17H,7-9H2,1-3H3. The molecule has 0 saturated carbocycles. The Morgan fingerprint density at radius 3 is 2.68 bits per heavy atom. The highest BCUT2D eigenvalue weighted by Crippen LogP contribution is 2.24. The summed E-state index contributed by atoms with van der Waals surface area (Å²) in [6.07, 6.45) is 3.19. The number of aliphatic hydroxyl groups excluding tert-OH is 1. The molecule has 0 bridgehead atoms. The molecule has 0 aromatic carbocycles. The second-order valence-electron chi connectivity index (χ2n) is 5.76. The van der Waals surface area contributed by atoms with Crippen LogP contribution in [-0.2, 0) is 4.74 Å². The van der Waals surface area contributed by atoms with Crippen molar-refractivity contribution < 1.29 is 9.84 Å². The molecule has 2 N–H and O–H groups in total. The maximum absolute atomic E-state index is 10.2. The predicted octanol–water partition coefficient (Wildman–Crippen LogP) is 3.11. The van der Waals surface area contributed by atoms with E-state index in [1.165, 1.54) is 0 Å². The number of rotatable bonds is 5. The lowest BCUT2D eigenvalue weighted by atomic mass is 9.98. The molecule has 1 fully saturated rings. The summed E-state index contributed by atoms with van der Waals surface area (Å²) in [5.74, 6) is 0. The molecule has 0 aliphatic carbocycles. The molecule has 2 heterocycles. The number of hydrogen-bond donors (Lipinski definition) is 2. The van der Waals surface area contributed by atoms with Crippen molar-refractivity contribution >= 4 is 11.3 Å². The van der Waals surface area contributed by atoms with Gasteiger partial charge in [-0.15, -0.1) is 11.3 Å². The van der Waals surface area contributed by atoms with Crippen LogP contribution in [0, 0.1) is 0 Å². The molecule has 2 rings (SSSR count). The smallest absolute Gasteiger partial charge is 0.0896 e. The first-order valence-corrected chi connectivity index (χ1v) is 8.05. The lowest BCUT2D eigenvalue weighted by Gasteiger charge is -2.34. The van der Waals surface area contributed by atoms with E-state index in [-0.39, 0.29) is 6.10 Å². The fourth-order valence-corrected chi connectivity index (χ4v) is 3.67. The molecule has 108 valence electrons. The first-order valence-electron chi connectivity index (χ1n) is 7.17. The Bertz CT molecular complexity index is 358. The minimum absolute atomic E-state index is 0.319. The van der Waals surface area contributed by atoms with Gasteiger partial charge in [0.25, 0.3) is 0 Å². The minimum Gasteiger partial charge on any atom is -0.388 e. The van der Waals surface area contributed by atoms with Gasteiger partial charge in [0.15, 0.2) is 0 Å². The van der Waals surface area contributed by atoms with Gasteiger partial charge in [-0.05, 0) is 51.5 Å². The molecule has 1 aromatic rings. The van der Waals surface area contributed by atoms with Gasteiger partial charge >= 0.3 is 0 Å². The zero-order valence-corrected chi connectivity index (χ0v) is 12.8. The Morgan fingerprint density at radius 2 is 2.11 bits per heavy atom. The van der Waals surface area contributed by atoms with Gasteiger partial charge < -0.3 is 15.2 Å². The maximum atomic E-state index is 10.2. The Balaban J connectivity index is 1.79. The van der Waals surface area contributed by atoms with E-state index in [0.29, 0.717) is 24.3 Å². The molecular weight excluding hydrogens is 258 g/mol. The average Bonchev–Trinajstić information content (AvgIpc) is 2.80. The van der Waals surface area contributed by atoms with Crippen LogP contribution in [0.5, 0.6) is 0 Å². The molecule has 1 aromatic heterocycles. The first kappa shape index (κ1) is 15.0. The highest BCUT2D eigenvalue weighted by atomic mass is 32.1. The third kappa shape index (κ3) is 4.56. The van der Waals surface area contributed by atoms with Gasteiger partial charge in [0.05, 0.1) is 18.3 Å². The second kappa shape index (κ2) is 6.84. The fraction of sp³-hybridized carbons (Fsp3) is 0.733. The highest BCUT2D eigenvalue weighted by Gasteiger charge is 2.25. The SMILES string of the molecule is CC(CC(O)c1cccs1)NC1CC(C)OC(C)C1. The molecule has 0 spiro atoms. The zero-order valence-electron chi connectivity index (χ0n) is 12.0. The van der Waals surface area contributed by atoms with Crippen molar-refractivity contribution in [3.05, 3.63) is 22.4 Å². The Labute approximate surface area is 120 Å². The van der Waals surface area contributed by atoms with Crippen molar-refractivity contribution in [1.29, 1.82) is 0 Å². The van der Waals surface area contributed by atoms with Gasteiger partial charge in [-0.2, -0.15) is 0 Å². The van der Waals surface area contributed by atoms with Gasteiger partial charge in [0.2, 0.25) is 0 Å². The van der Waals surface area contributed by atoms with Crippen LogP contribution in [0.2, 0.25) is 0 Å². The van der Waals surface area contributed by atoms with Crippen LogP contribution in [0.3, 0.4) is 0 Å². The van der Waals surface area contributed by atoms with Gasteiger partial charge in [-0.1, -0.05) is 6.07 Å². The molecule has 1 aliphatic rings. The first-order chi connectivity index (χ1) is 9.04. The molecule has 19 heavy (non-hydrogen) atoms. The van der Waals surface area contributed by atoms with Crippen LogP contribution in [0.25, 0.3) is 0 Å². The topological polar surface area (TPSA) is 41.5 Å². The van der Waals surface area contributed by atoms with Crippen molar-refractivity contribution in [1.82, 2.24) is 5.32 Å². The largest absolute Gasteiger partial charge is 0.388 e. The minimum atomic E-state index is -0.350. The molecule has 1 saturated heterocycles. The number of hydrogen-bond acceptors (Lipinski definition) is 4. The third-order valence-electron chi connectivity index (χ3n) is 3.67. The van der Waals surface area contributed by atoms with E-state index in [1.54, 1.807) is 11.3 Å².